The summed E-state index contributed by atoms with van der Waals surface area (Å²) in [4.78, 5) is 14.4. The summed E-state index contributed by atoms with van der Waals surface area (Å²) in [5.41, 5.74) is 1.52. The van der Waals surface area contributed by atoms with Crippen LogP contribution in [0.1, 0.15) is 22.0 Å². The smallest absolute Gasteiger partial charge is 0.254 e. The third-order valence-electron chi connectivity index (χ3n) is 4.01. The minimum atomic E-state index is -3.42. The van der Waals surface area contributed by atoms with Crippen molar-refractivity contribution in [2.75, 3.05) is 30.7 Å². The van der Waals surface area contributed by atoms with Gasteiger partial charge in [0.1, 0.15) is 11.9 Å². The number of ether oxygens (including phenoxy) is 1. The molecule has 1 unspecified atom stereocenters. The molecule has 1 amide bonds. The minimum absolute atomic E-state index is 0.211. The molecule has 2 aromatic rings. The van der Waals surface area contributed by atoms with Gasteiger partial charge in [-0.1, -0.05) is 18.2 Å². The number of hydrogen-bond donors (Lipinski definition) is 1. The molecule has 0 aliphatic carbocycles. The number of rotatable bonds is 4. The number of sulfonamides is 1. The first-order chi connectivity index (χ1) is 12.3. The third kappa shape index (κ3) is 4.59. The first-order valence-electron chi connectivity index (χ1n) is 8.06. The molecular weight excluding hydrogens is 359 g/mol. The van der Waals surface area contributed by atoms with E-state index in [1.165, 1.54) is 18.2 Å². The second kappa shape index (κ2) is 7.43. The normalized spacial score (nSPS) is 17.8. The first kappa shape index (κ1) is 18.3. The molecule has 1 fully saturated rings. The summed E-state index contributed by atoms with van der Waals surface area (Å²) in [5.74, 6) is -0.537. The maximum Gasteiger partial charge on any atom is 0.254 e. The summed E-state index contributed by atoms with van der Waals surface area (Å²) in [6.07, 6.45) is 0.724. The van der Waals surface area contributed by atoms with Crippen molar-refractivity contribution in [3.63, 3.8) is 0 Å². The van der Waals surface area contributed by atoms with Crippen LogP contribution in [0.4, 0.5) is 10.1 Å². The van der Waals surface area contributed by atoms with Crippen LogP contribution in [0, 0.1) is 5.82 Å². The highest BCUT2D eigenvalue weighted by molar-refractivity contribution is 7.92. The molecule has 2 aromatic carbocycles. The van der Waals surface area contributed by atoms with Gasteiger partial charge in [-0.2, -0.15) is 0 Å². The van der Waals surface area contributed by atoms with Crippen molar-refractivity contribution in [1.29, 1.82) is 0 Å². The minimum Gasteiger partial charge on any atom is -0.370 e. The van der Waals surface area contributed by atoms with Gasteiger partial charge in [-0.05, 0) is 35.9 Å². The van der Waals surface area contributed by atoms with Crippen LogP contribution in [-0.2, 0) is 14.8 Å². The highest BCUT2D eigenvalue weighted by atomic mass is 32.2. The number of hydrogen-bond acceptors (Lipinski definition) is 4. The molecule has 1 aliphatic heterocycles. The van der Waals surface area contributed by atoms with Crippen LogP contribution < -0.4 is 4.72 Å². The van der Waals surface area contributed by atoms with Crippen LogP contribution in [0.25, 0.3) is 0 Å². The quantitative estimate of drug-likeness (QED) is 0.887. The van der Waals surface area contributed by atoms with E-state index in [4.69, 9.17) is 4.74 Å². The van der Waals surface area contributed by atoms with E-state index in [0.29, 0.717) is 30.9 Å². The Morgan fingerprint density at radius 2 is 1.96 bits per heavy atom. The Bertz CT molecular complexity index is 900. The summed E-state index contributed by atoms with van der Waals surface area (Å²) in [6, 6.07) is 12.4. The fourth-order valence-corrected chi connectivity index (χ4v) is 3.38. The van der Waals surface area contributed by atoms with E-state index >= 15 is 0 Å². The molecule has 0 bridgehead atoms. The van der Waals surface area contributed by atoms with Gasteiger partial charge in [0.2, 0.25) is 10.0 Å². The molecule has 0 radical (unpaired) electrons. The van der Waals surface area contributed by atoms with Crippen molar-refractivity contribution in [1.82, 2.24) is 4.90 Å². The number of anilines is 1. The number of nitrogens with zero attached hydrogens (tertiary/aromatic N) is 1. The number of halogens is 1. The molecule has 26 heavy (non-hydrogen) atoms. The monoisotopic (exact) mass is 378 g/mol. The van der Waals surface area contributed by atoms with Crippen LogP contribution in [0.5, 0.6) is 0 Å². The molecule has 0 spiro atoms. The number of carbonyl (C=O) groups excluding carboxylic acids is 1. The Morgan fingerprint density at radius 3 is 2.65 bits per heavy atom. The van der Waals surface area contributed by atoms with Crippen molar-refractivity contribution in [2.45, 2.75) is 6.10 Å². The highest BCUT2D eigenvalue weighted by Gasteiger charge is 2.26. The molecule has 138 valence electrons. The van der Waals surface area contributed by atoms with Crippen LogP contribution in [0.15, 0.2) is 48.5 Å². The number of carbonyl (C=O) groups is 1. The molecule has 0 aromatic heterocycles. The van der Waals surface area contributed by atoms with Crippen molar-refractivity contribution >= 4 is 21.6 Å². The lowest BCUT2D eigenvalue weighted by Crippen LogP contribution is -2.42. The highest BCUT2D eigenvalue weighted by Crippen LogP contribution is 2.24. The molecule has 1 atom stereocenters. The number of benzene rings is 2. The molecule has 3 rings (SSSR count). The van der Waals surface area contributed by atoms with Gasteiger partial charge in [-0.15, -0.1) is 0 Å². The predicted octanol–water partition coefficient (Wildman–Crippen LogP) is 2.41. The van der Waals surface area contributed by atoms with Crippen LogP contribution in [-0.4, -0.2) is 45.2 Å². The van der Waals surface area contributed by atoms with Gasteiger partial charge < -0.3 is 9.64 Å². The van der Waals surface area contributed by atoms with E-state index in [2.05, 4.69) is 4.72 Å². The molecule has 0 saturated carbocycles. The first-order valence-corrected chi connectivity index (χ1v) is 9.95. The molecule has 1 N–H and O–H groups in total. The lowest BCUT2D eigenvalue weighted by Gasteiger charge is -2.33. The Balaban J connectivity index is 1.75. The number of nitrogens with one attached hydrogen (secondary N) is 1. The molecular formula is C18H19FN2O4S. The number of amides is 1. The predicted molar refractivity (Wildman–Crippen MR) is 95.9 cm³/mol. The summed E-state index contributed by atoms with van der Waals surface area (Å²) in [5, 5.41) is 0. The topological polar surface area (TPSA) is 75.7 Å². The molecule has 8 heteroatoms. The van der Waals surface area contributed by atoms with Gasteiger partial charge in [0.15, 0.2) is 0 Å². The Labute approximate surface area is 151 Å². The zero-order valence-electron chi connectivity index (χ0n) is 14.2. The van der Waals surface area contributed by atoms with Gasteiger partial charge in [-0.3, -0.25) is 9.52 Å². The van der Waals surface area contributed by atoms with Crippen LogP contribution in [0.2, 0.25) is 0 Å². The van der Waals surface area contributed by atoms with Crippen LogP contribution >= 0.6 is 0 Å². The summed E-state index contributed by atoms with van der Waals surface area (Å²) in [7, 11) is -3.42. The third-order valence-corrected chi connectivity index (χ3v) is 4.61. The standard InChI is InChI=1S/C18H19FN2O4S/c1-26(23,24)20-16-4-2-3-14(11-16)18(22)21-9-10-25-17(12-21)13-5-7-15(19)8-6-13/h2-8,11,17,20H,9-10,12H2,1H3. The Morgan fingerprint density at radius 1 is 1.23 bits per heavy atom. The van der Waals surface area contributed by atoms with E-state index < -0.39 is 10.0 Å². The van der Waals surface area contributed by atoms with Crippen molar-refractivity contribution < 1.29 is 22.3 Å². The summed E-state index contributed by atoms with van der Waals surface area (Å²) in [6.45, 7) is 1.14. The van der Waals surface area contributed by atoms with Gasteiger partial charge in [0, 0.05) is 17.8 Å². The fourth-order valence-electron chi connectivity index (χ4n) is 2.83. The summed E-state index contributed by atoms with van der Waals surface area (Å²) >= 11 is 0. The number of morpholine rings is 1. The van der Waals surface area contributed by atoms with Gasteiger partial charge in [-0.25, -0.2) is 12.8 Å². The fraction of sp³-hybridized carbons (Fsp3) is 0.278. The van der Waals surface area contributed by atoms with Crippen LogP contribution in [0.3, 0.4) is 0 Å². The SMILES string of the molecule is CS(=O)(=O)Nc1cccc(C(=O)N2CCOC(c3ccc(F)cc3)C2)c1. The molecule has 6 nitrogen and oxygen atoms in total. The second-order valence-corrected chi connectivity index (χ2v) is 7.87. The van der Waals surface area contributed by atoms with Crippen molar-refractivity contribution in [2.24, 2.45) is 0 Å². The molecule has 1 saturated heterocycles. The Kier molecular flexibility index (Phi) is 5.24. The zero-order chi connectivity index (χ0) is 18.7. The van der Waals surface area contributed by atoms with E-state index in [1.807, 2.05) is 0 Å². The van der Waals surface area contributed by atoms with E-state index in [-0.39, 0.29) is 17.8 Å². The van der Waals surface area contributed by atoms with E-state index in [0.717, 1.165) is 11.8 Å². The molecule has 1 aliphatic rings. The van der Waals surface area contributed by atoms with Gasteiger partial charge >= 0.3 is 0 Å². The zero-order valence-corrected chi connectivity index (χ0v) is 15.0. The average Bonchev–Trinajstić information content (AvgIpc) is 2.60. The van der Waals surface area contributed by atoms with Gasteiger partial charge in [0.25, 0.3) is 5.91 Å². The lowest BCUT2D eigenvalue weighted by atomic mass is 10.1. The van der Waals surface area contributed by atoms with E-state index in [9.17, 15) is 17.6 Å². The average molecular weight is 378 g/mol. The maximum atomic E-state index is 13.1. The second-order valence-electron chi connectivity index (χ2n) is 6.12. The molecule has 1 heterocycles. The van der Waals surface area contributed by atoms with E-state index in [1.54, 1.807) is 35.2 Å². The van der Waals surface area contributed by atoms with Gasteiger partial charge in [0.05, 0.1) is 19.4 Å². The largest absolute Gasteiger partial charge is 0.370 e. The lowest BCUT2D eigenvalue weighted by molar-refractivity contribution is -0.0228. The summed E-state index contributed by atoms with van der Waals surface area (Å²) < 4.78 is 43.9. The van der Waals surface area contributed by atoms with Crippen molar-refractivity contribution in [3.05, 3.63) is 65.5 Å². The maximum absolute atomic E-state index is 13.1. The Hall–Kier alpha value is -2.45. The van der Waals surface area contributed by atoms with Crippen molar-refractivity contribution in [3.8, 4) is 0 Å².